The minimum atomic E-state index is -1.14. The third kappa shape index (κ3) is 17.9. The lowest BCUT2D eigenvalue weighted by atomic mass is 9.99. The minimum Gasteiger partial charge on any atom is -0.480 e. The van der Waals surface area contributed by atoms with Crippen LogP contribution in [0.3, 0.4) is 0 Å². The molecular weight excluding hydrogens is 496 g/mol. The first kappa shape index (κ1) is 34.9. The van der Waals surface area contributed by atoms with E-state index in [9.17, 15) is 29.1 Å². The van der Waals surface area contributed by atoms with Crippen LogP contribution in [0.1, 0.15) is 85.5 Å². The molecule has 0 aliphatic rings. The number of carbonyl (C=O) groups excluding carboxylic acids is 4. The van der Waals surface area contributed by atoms with Gasteiger partial charge in [-0.3, -0.25) is 19.2 Å². The molecule has 11 heteroatoms. The maximum Gasteiger partial charge on any atom is 0.326 e. The summed E-state index contributed by atoms with van der Waals surface area (Å²) in [5.41, 5.74) is 0. The highest BCUT2D eigenvalue weighted by molar-refractivity contribution is 7.98. The van der Waals surface area contributed by atoms with E-state index in [2.05, 4.69) is 21.3 Å². The van der Waals surface area contributed by atoms with Gasteiger partial charge in [-0.2, -0.15) is 11.8 Å². The second-order valence-corrected chi connectivity index (χ2v) is 10.6. The van der Waals surface area contributed by atoms with Crippen molar-refractivity contribution in [2.24, 2.45) is 5.92 Å². The van der Waals surface area contributed by atoms with Crippen molar-refractivity contribution in [3.63, 3.8) is 0 Å². The van der Waals surface area contributed by atoms with Gasteiger partial charge in [-0.25, -0.2) is 4.79 Å². The Morgan fingerprint density at radius 3 is 2.11 bits per heavy atom. The maximum absolute atomic E-state index is 12.4. The van der Waals surface area contributed by atoms with E-state index in [-0.39, 0.29) is 42.5 Å². The first-order valence-electron chi connectivity index (χ1n) is 13.4. The molecule has 0 spiro atoms. The van der Waals surface area contributed by atoms with Gasteiger partial charge in [0.1, 0.15) is 11.8 Å². The first-order chi connectivity index (χ1) is 17.5. The Hall–Kier alpha value is -2.14. The van der Waals surface area contributed by atoms with Gasteiger partial charge in [-0.15, -0.1) is 0 Å². The molecule has 0 aliphatic heterocycles. The van der Waals surface area contributed by atoms with Gasteiger partial charge in [0.15, 0.2) is 0 Å². The number of carboxylic acids is 1. The van der Waals surface area contributed by atoms with Crippen molar-refractivity contribution in [3.8, 4) is 0 Å². The fourth-order valence-electron chi connectivity index (χ4n) is 3.57. The Kier molecular flexibility index (Phi) is 19.7. The number of unbranched alkanes of at least 4 members (excludes halogenated alkanes) is 2. The van der Waals surface area contributed by atoms with Gasteiger partial charge in [0.05, 0.1) is 12.6 Å². The number of nitrogens with one attached hydrogen (secondary N) is 4. The van der Waals surface area contributed by atoms with Crippen molar-refractivity contribution in [2.75, 3.05) is 25.1 Å². The fraction of sp³-hybridized carbons (Fsp3) is 0.808. The number of amides is 3. The third-order valence-electron chi connectivity index (χ3n) is 6.00. The summed E-state index contributed by atoms with van der Waals surface area (Å²) in [6, 6.07) is -1.38. The summed E-state index contributed by atoms with van der Waals surface area (Å²) in [6.07, 6.45) is 6.92. The normalized spacial score (nSPS) is 13.5. The summed E-state index contributed by atoms with van der Waals surface area (Å²) in [6.45, 7) is 7.90. The summed E-state index contributed by atoms with van der Waals surface area (Å²) in [4.78, 5) is 59.9. The molecule has 0 saturated heterocycles. The Labute approximate surface area is 226 Å². The number of hydrogen-bond donors (Lipinski definition) is 5. The van der Waals surface area contributed by atoms with Crippen molar-refractivity contribution in [3.05, 3.63) is 0 Å². The SMILES string of the molecule is CCC(C)C(=O)CCCCC(=O)NCCCCC(NC(=O)CNC(=O)C(CCSC)NC(C)C)C(=O)O. The van der Waals surface area contributed by atoms with Gasteiger partial charge in [0.25, 0.3) is 0 Å². The van der Waals surface area contributed by atoms with Crippen LogP contribution >= 0.6 is 11.8 Å². The number of carbonyl (C=O) groups is 5. The summed E-state index contributed by atoms with van der Waals surface area (Å²) in [5, 5.41) is 20.5. The van der Waals surface area contributed by atoms with Crippen LogP contribution in [0.25, 0.3) is 0 Å². The van der Waals surface area contributed by atoms with Crippen molar-refractivity contribution >= 4 is 41.2 Å². The standard InChI is InChI=1S/C26H48N4O6S/c1-6-19(4)22(31)12-7-8-13-23(32)27-15-10-9-11-21(26(35)36)30-24(33)17-28-25(34)20(14-16-37-5)29-18(2)3/h18-21,29H,6-17H2,1-5H3,(H,27,32)(H,28,34)(H,30,33)(H,35,36). The predicted molar refractivity (Wildman–Crippen MR) is 147 cm³/mol. The second kappa shape index (κ2) is 20.9. The lowest BCUT2D eigenvalue weighted by molar-refractivity contribution is -0.142. The molecule has 0 aromatic heterocycles. The van der Waals surface area contributed by atoms with E-state index in [1.807, 2.05) is 34.0 Å². The molecule has 0 fully saturated rings. The van der Waals surface area contributed by atoms with Gasteiger partial charge in [-0.05, 0) is 57.0 Å². The second-order valence-electron chi connectivity index (χ2n) is 9.66. The molecule has 3 unspecified atom stereocenters. The van der Waals surface area contributed by atoms with Crippen molar-refractivity contribution in [2.45, 2.75) is 104 Å². The predicted octanol–water partition coefficient (Wildman–Crippen LogP) is 2.25. The van der Waals surface area contributed by atoms with Crippen LogP contribution in [0.15, 0.2) is 0 Å². The highest BCUT2D eigenvalue weighted by Crippen LogP contribution is 2.09. The molecule has 3 amide bonds. The lowest BCUT2D eigenvalue weighted by Gasteiger charge is -2.21. The Bertz CT molecular complexity index is 719. The van der Waals surface area contributed by atoms with E-state index in [1.54, 1.807) is 11.8 Å². The molecule has 10 nitrogen and oxygen atoms in total. The van der Waals surface area contributed by atoms with Crippen LogP contribution in [-0.2, 0) is 24.0 Å². The molecule has 5 N–H and O–H groups in total. The largest absolute Gasteiger partial charge is 0.480 e. The van der Waals surface area contributed by atoms with Crippen LogP contribution in [0, 0.1) is 5.92 Å². The third-order valence-corrected chi connectivity index (χ3v) is 6.64. The molecule has 0 aliphatic carbocycles. The molecule has 0 saturated carbocycles. The molecule has 0 aromatic carbocycles. The van der Waals surface area contributed by atoms with Crippen molar-refractivity contribution < 1.29 is 29.1 Å². The number of rotatable bonds is 22. The van der Waals surface area contributed by atoms with E-state index >= 15 is 0 Å². The topological polar surface area (TPSA) is 154 Å². The van der Waals surface area contributed by atoms with E-state index in [1.165, 1.54) is 0 Å². The van der Waals surface area contributed by atoms with Crippen LogP contribution in [0.4, 0.5) is 0 Å². The summed E-state index contributed by atoms with van der Waals surface area (Å²) in [7, 11) is 0. The first-order valence-corrected chi connectivity index (χ1v) is 14.7. The number of thioether (sulfide) groups is 1. The molecule has 0 radical (unpaired) electrons. The Balaban J connectivity index is 4.22. The van der Waals surface area contributed by atoms with E-state index in [0.717, 1.165) is 12.2 Å². The number of aliphatic carboxylic acids is 1. The molecule has 214 valence electrons. The number of Topliss-reactive ketones (excluding diaryl/α,β-unsaturated/α-hetero) is 1. The van der Waals surface area contributed by atoms with Gasteiger partial charge >= 0.3 is 5.97 Å². The lowest BCUT2D eigenvalue weighted by Crippen LogP contribution is -2.51. The smallest absolute Gasteiger partial charge is 0.326 e. The molecule has 3 atom stereocenters. The summed E-state index contributed by atoms with van der Waals surface area (Å²) in [5.74, 6) is -0.973. The summed E-state index contributed by atoms with van der Waals surface area (Å²) >= 11 is 1.63. The minimum absolute atomic E-state index is 0.0705. The zero-order valence-corrected chi connectivity index (χ0v) is 24.0. The monoisotopic (exact) mass is 544 g/mol. The number of ketones is 1. The van der Waals surface area contributed by atoms with E-state index in [4.69, 9.17) is 0 Å². The van der Waals surface area contributed by atoms with Crippen molar-refractivity contribution in [1.29, 1.82) is 0 Å². The van der Waals surface area contributed by atoms with Crippen LogP contribution < -0.4 is 21.3 Å². The van der Waals surface area contributed by atoms with Crippen LogP contribution in [0.2, 0.25) is 0 Å². The molecule has 0 rings (SSSR count). The average molecular weight is 545 g/mol. The highest BCUT2D eigenvalue weighted by atomic mass is 32.2. The molecule has 0 bridgehead atoms. The van der Waals surface area contributed by atoms with Crippen LogP contribution in [0.5, 0.6) is 0 Å². The molecule has 37 heavy (non-hydrogen) atoms. The van der Waals surface area contributed by atoms with Crippen LogP contribution in [-0.4, -0.2) is 77.8 Å². The average Bonchev–Trinajstić information content (AvgIpc) is 2.85. The quantitative estimate of drug-likeness (QED) is 0.130. The molecular formula is C26H48N4O6S. The van der Waals surface area contributed by atoms with E-state index in [0.29, 0.717) is 51.5 Å². The summed E-state index contributed by atoms with van der Waals surface area (Å²) < 4.78 is 0. The van der Waals surface area contributed by atoms with Gasteiger partial charge in [0, 0.05) is 31.3 Å². The van der Waals surface area contributed by atoms with Gasteiger partial charge in [-0.1, -0.05) is 27.7 Å². The highest BCUT2D eigenvalue weighted by Gasteiger charge is 2.22. The maximum atomic E-state index is 12.4. The van der Waals surface area contributed by atoms with Gasteiger partial charge < -0.3 is 26.4 Å². The Morgan fingerprint density at radius 2 is 1.51 bits per heavy atom. The number of hydrogen-bond acceptors (Lipinski definition) is 7. The fourth-order valence-corrected chi connectivity index (χ4v) is 4.04. The molecule has 0 aromatic rings. The van der Waals surface area contributed by atoms with Gasteiger partial charge in [0.2, 0.25) is 17.7 Å². The zero-order valence-electron chi connectivity index (χ0n) is 23.2. The Morgan fingerprint density at radius 1 is 0.838 bits per heavy atom. The zero-order chi connectivity index (χ0) is 28.2. The number of carboxylic acid groups (broad SMARTS) is 1. The van der Waals surface area contributed by atoms with E-state index < -0.39 is 24.0 Å². The van der Waals surface area contributed by atoms with Crippen molar-refractivity contribution in [1.82, 2.24) is 21.3 Å². The molecule has 0 heterocycles.